The highest BCUT2D eigenvalue weighted by atomic mass is 35.5. The molecule has 3 nitrogen and oxygen atoms in total. The van der Waals surface area contributed by atoms with Crippen molar-refractivity contribution >= 4 is 34.1 Å². The maximum Gasteiger partial charge on any atom is 0.128 e. The number of likely N-dealkylation sites (N-methyl/N-ethyl adjacent to an activating group) is 1. The summed E-state index contributed by atoms with van der Waals surface area (Å²) >= 11 is 7.92. The summed E-state index contributed by atoms with van der Waals surface area (Å²) in [7, 11) is 4.32. The summed E-state index contributed by atoms with van der Waals surface area (Å²) in [5.41, 5.74) is 2.56. The molecule has 0 amide bonds. The van der Waals surface area contributed by atoms with Crippen LogP contribution in [0.5, 0.6) is 0 Å². The number of allylic oxidation sites excluding steroid dienone is 1. The van der Waals surface area contributed by atoms with Crippen LogP contribution in [0.15, 0.2) is 48.7 Å². The zero-order valence-electron chi connectivity index (χ0n) is 15.2. The number of nitrogens with zero attached hydrogens (tertiary/aromatic N) is 3. The van der Waals surface area contributed by atoms with E-state index in [1.165, 1.54) is 22.5 Å². The normalized spacial score (nSPS) is 22.9. The lowest BCUT2D eigenvalue weighted by Gasteiger charge is -2.21. The number of pyridine rings is 1. The van der Waals surface area contributed by atoms with Gasteiger partial charge in [-0.2, -0.15) is 0 Å². The van der Waals surface area contributed by atoms with Crippen molar-refractivity contribution in [3.63, 3.8) is 0 Å². The molecule has 4 rings (SSSR count). The number of rotatable bonds is 4. The fourth-order valence-corrected chi connectivity index (χ4v) is 4.98. The molecule has 0 aliphatic carbocycles. The second-order valence-electron chi connectivity index (χ2n) is 7.22. The van der Waals surface area contributed by atoms with Crippen molar-refractivity contribution < 1.29 is 0 Å². The van der Waals surface area contributed by atoms with E-state index < -0.39 is 0 Å². The van der Waals surface area contributed by atoms with Gasteiger partial charge in [0.1, 0.15) is 5.82 Å². The lowest BCUT2D eigenvalue weighted by atomic mass is 10.1. The van der Waals surface area contributed by atoms with E-state index in [2.05, 4.69) is 60.4 Å². The Morgan fingerprint density at radius 2 is 1.96 bits per heavy atom. The number of thioether (sulfide) groups is 1. The molecule has 1 unspecified atom stereocenters. The first kappa shape index (κ1) is 17.9. The lowest BCUT2D eigenvalue weighted by molar-refractivity contribution is 0.315. The van der Waals surface area contributed by atoms with Crippen LogP contribution in [0.2, 0.25) is 5.02 Å². The highest BCUT2D eigenvalue weighted by molar-refractivity contribution is 8.08. The summed E-state index contributed by atoms with van der Waals surface area (Å²) in [4.78, 5) is 10.8. The quantitative estimate of drug-likeness (QED) is 0.729. The molecule has 2 aliphatic heterocycles. The summed E-state index contributed by atoms with van der Waals surface area (Å²) in [6.07, 6.45) is 6.66. The number of benzene rings is 1. The Morgan fingerprint density at radius 1 is 1.15 bits per heavy atom. The van der Waals surface area contributed by atoms with Crippen LogP contribution in [0.4, 0.5) is 5.82 Å². The second-order valence-corrected chi connectivity index (χ2v) is 8.90. The van der Waals surface area contributed by atoms with Crippen molar-refractivity contribution in [1.82, 2.24) is 9.88 Å². The summed E-state index contributed by atoms with van der Waals surface area (Å²) in [5.74, 6) is 1.10. The van der Waals surface area contributed by atoms with Crippen LogP contribution in [0.1, 0.15) is 29.2 Å². The monoisotopic (exact) mass is 385 g/mol. The smallest absolute Gasteiger partial charge is 0.128 e. The lowest BCUT2D eigenvalue weighted by Crippen LogP contribution is -2.31. The van der Waals surface area contributed by atoms with E-state index in [9.17, 15) is 0 Å². The molecule has 0 spiro atoms. The van der Waals surface area contributed by atoms with E-state index in [0.29, 0.717) is 11.3 Å². The van der Waals surface area contributed by atoms with E-state index in [-0.39, 0.29) is 0 Å². The number of anilines is 1. The molecule has 1 fully saturated rings. The van der Waals surface area contributed by atoms with Gasteiger partial charge >= 0.3 is 0 Å². The van der Waals surface area contributed by atoms with Gasteiger partial charge in [0, 0.05) is 40.5 Å². The molecule has 136 valence electrons. The van der Waals surface area contributed by atoms with Gasteiger partial charge in [-0.05, 0) is 56.3 Å². The van der Waals surface area contributed by atoms with Gasteiger partial charge in [0.25, 0.3) is 0 Å². The summed E-state index contributed by atoms with van der Waals surface area (Å²) < 4.78 is 0. The van der Waals surface area contributed by atoms with Gasteiger partial charge in [-0.15, -0.1) is 11.8 Å². The third-order valence-corrected chi connectivity index (χ3v) is 6.93. The molecule has 0 radical (unpaired) electrons. The van der Waals surface area contributed by atoms with Gasteiger partial charge in [-0.3, -0.25) is 0 Å². The average Bonchev–Trinajstić information content (AvgIpc) is 3.33. The Bertz CT molecular complexity index is 786. The van der Waals surface area contributed by atoms with Gasteiger partial charge in [0.05, 0.1) is 0 Å². The highest BCUT2D eigenvalue weighted by Gasteiger charge is 2.25. The Hall–Kier alpha value is -1.49. The van der Waals surface area contributed by atoms with Crippen molar-refractivity contribution in [2.24, 2.45) is 0 Å². The predicted molar refractivity (Wildman–Crippen MR) is 113 cm³/mol. The molecular formula is C21H24ClN3S. The SMILES string of the molecule is CN(C)C1CCN(c2ccc([C@H]3CC=C(c4ccc(Cl)cc4)S3)cn2)C1. The fourth-order valence-electron chi connectivity index (χ4n) is 3.61. The molecule has 2 atom stereocenters. The molecule has 1 aromatic carbocycles. The van der Waals surface area contributed by atoms with Gasteiger partial charge in [0.15, 0.2) is 0 Å². The summed E-state index contributed by atoms with van der Waals surface area (Å²) in [6, 6.07) is 13.2. The van der Waals surface area contributed by atoms with E-state index in [1.54, 1.807) is 0 Å². The Balaban J connectivity index is 1.40. The van der Waals surface area contributed by atoms with Crippen LogP contribution in [0, 0.1) is 0 Å². The molecule has 1 aromatic heterocycles. The second kappa shape index (κ2) is 7.63. The molecule has 0 saturated carbocycles. The maximum absolute atomic E-state index is 6.00. The van der Waals surface area contributed by atoms with E-state index in [4.69, 9.17) is 16.6 Å². The van der Waals surface area contributed by atoms with Gasteiger partial charge < -0.3 is 9.80 Å². The highest BCUT2D eigenvalue weighted by Crippen LogP contribution is 2.48. The largest absolute Gasteiger partial charge is 0.355 e. The van der Waals surface area contributed by atoms with E-state index >= 15 is 0 Å². The predicted octanol–water partition coefficient (Wildman–Crippen LogP) is 5.09. The van der Waals surface area contributed by atoms with Crippen molar-refractivity contribution in [1.29, 1.82) is 0 Å². The van der Waals surface area contributed by atoms with Crippen LogP contribution in [0.3, 0.4) is 0 Å². The first-order chi connectivity index (χ1) is 12.6. The van der Waals surface area contributed by atoms with Gasteiger partial charge in [-0.25, -0.2) is 4.98 Å². The molecule has 0 bridgehead atoms. The number of hydrogen-bond acceptors (Lipinski definition) is 4. The standard InChI is InChI=1S/C21H24ClN3S/c1-24(2)18-11-12-25(14-18)21-10-5-16(13-23-21)20-9-8-19(26-20)15-3-6-17(22)7-4-15/h3-8,10,13,18,20H,9,11-12,14H2,1-2H3/t18?,20-/m1/s1. The Labute approximate surface area is 165 Å². The number of aromatic nitrogens is 1. The first-order valence-corrected chi connectivity index (χ1v) is 10.4. The third-order valence-electron chi connectivity index (χ3n) is 5.28. The Morgan fingerprint density at radius 3 is 2.62 bits per heavy atom. The molecule has 0 N–H and O–H groups in total. The van der Waals surface area contributed by atoms with Crippen molar-refractivity contribution in [2.45, 2.75) is 24.1 Å². The third kappa shape index (κ3) is 3.78. The van der Waals surface area contributed by atoms with E-state index in [1.807, 2.05) is 23.9 Å². The number of hydrogen-bond donors (Lipinski definition) is 0. The summed E-state index contributed by atoms with van der Waals surface area (Å²) in [5, 5.41) is 1.24. The Kier molecular flexibility index (Phi) is 5.25. The summed E-state index contributed by atoms with van der Waals surface area (Å²) in [6.45, 7) is 2.16. The molecule has 26 heavy (non-hydrogen) atoms. The first-order valence-electron chi connectivity index (χ1n) is 9.10. The number of halogens is 1. The van der Waals surface area contributed by atoms with Crippen LogP contribution in [-0.4, -0.2) is 43.1 Å². The fraction of sp³-hybridized carbons (Fsp3) is 0.381. The van der Waals surface area contributed by atoms with Crippen LogP contribution >= 0.6 is 23.4 Å². The zero-order chi connectivity index (χ0) is 18.1. The molecule has 5 heteroatoms. The molecule has 2 aliphatic rings. The van der Waals surface area contributed by atoms with Crippen LogP contribution < -0.4 is 4.90 Å². The topological polar surface area (TPSA) is 19.4 Å². The molecular weight excluding hydrogens is 362 g/mol. The minimum atomic E-state index is 0.454. The minimum Gasteiger partial charge on any atom is -0.355 e. The van der Waals surface area contributed by atoms with Crippen LogP contribution in [0.25, 0.3) is 4.91 Å². The molecule has 3 heterocycles. The van der Waals surface area contributed by atoms with Crippen molar-refractivity contribution in [2.75, 3.05) is 32.1 Å². The van der Waals surface area contributed by atoms with Crippen LogP contribution in [-0.2, 0) is 0 Å². The van der Waals surface area contributed by atoms with E-state index in [0.717, 1.165) is 30.4 Å². The van der Waals surface area contributed by atoms with Crippen molar-refractivity contribution in [3.8, 4) is 0 Å². The molecule has 1 saturated heterocycles. The molecule has 2 aromatic rings. The maximum atomic E-state index is 6.00. The van der Waals surface area contributed by atoms with Crippen molar-refractivity contribution in [3.05, 3.63) is 64.8 Å². The zero-order valence-corrected chi connectivity index (χ0v) is 16.8. The minimum absolute atomic E-state index is 0.454. The van der Waals surface area contributed by atoms with Gasteiger partial charge in [0.2, 0.25) is 0 Å². The average molecular weight is 386 g/mol. The van der Waals surface area contributed by atoms with Gasteiger partial charge in [-0.1, -0.05) is 35.9 Å².